The van der Waals surface area contributed by atoms with E-state index in [9.17, 15) is 4.21 Å². The maximum absolute atomic E-state index is 12.8. The number of nitrogens with one attached hydrogen (secondary N) is 1. The summed E-state index contributed by atoms with van der Waals surface area (Å²) in [6.07, 6.45) is 0. The van der Waals surface area contributed by atoms with Crippen molar-refractivity contribution in [1.29, 1.82) is 0 Å². The highest BCUT2D eigenvalue weighted by atomic mass is 35.5. The van der Waals surface area contributed by atoms with Crippen molar-refractivity contribution in [2.45, 2.75) is 25.5 Å². The van der Waals surface area contributed by atoms with Gasteiger partial charge in [-0.25, -0.2) is 4.21 Å². The Balaban J connectivity index is 2.26. The number of rotatable bonds is 4. The Bertz CT molecular complexity index is 1040. The zero-order chi connectivity index (χ0) is 19.6. The van der Waals surface area contributed by atoms with E-state index in [0.29, 0.717) is 10.7 Å². The highest BCUT2D eigenvalue weighted by Crippen LogP contribution is 2.27. The van der Waals surface area contributed by atoms with Gasteiger partial charge < -0.3 is 5.32 Å². The van der Waals surface area contributed by atoms with Crippen LogP contribution >= 0.6 is 11.6 Å². The minimum Gasteiger partial charge on any atom is -0.388 e. The third-order valence-electron chi connectivity index (χ3n) is 4.23. The Morgan fingerprint density at radius 2 is 1.70 bits per heavy atom. The van der Waals surface area contributed by atoms with Crippen molar-refractivity contribution in [3.05, 3.63) is 76.8 Å². The summed E-state index contributed by atoms with van der Waals surface area (Å²) in [6.45, 7) is 5.75. The monoisotopic (exact) mass is 398 g/mol. The Morgan fingerprint density at radius 3 is 2.37 bits per heavy atom. The summed E-state index contributed by atoms with van der Waals surface area (Å²) >= 11 is 6.27. The lowest BCUT2D eigenvalue weighted by Crippen LogP contribution is -2.21. The lowest BCUT2D eigenvalue weighted by Gasteiger charge is -2.17. The SMILES string of the molecule is CNc1ccc(Cl)cc1/C(=N/[S@](=O)C(C)(C)C)c1ccc2ccccc2c1. The first-order valence-electron chi connectivity index (χ1n) is 8.77. The van der Waals surface area contributed by atoms with Gasteiger partial charge in [-0.05, 0) is 55.8 Å². The van der Waals surface area contributed by atoms with E-state index in [1.807, 2.05) is 64.2 Å². The van der Waals surface area contributed by atoms with E-state index >= 15 is 0 Å². The second kappa shape index (κ2) is 7.83. The molecule has 0 unspecified atom stereocenters. The smallest absolute Gasteiger partial charge is 0.145 e. The van der Waals surface area contributed by atoms with Crippen LogP contribution in [-0.4, -0.2) is 21.7 Å². The van der Waals surface area contributed by atoms with Crippen molar-refractivity contribution >= 4 is 44.8 Å². The molecule has 3 nitrogen and oxygen atoms in total. The molecule has 0 saturated heterocycles. The van der Waals surface area contributed by atoms with E-state index in [2.05, 4.69) is 34.0 Å². The van der Waals surface area contributed by atoms with E-state index in [0.717, 1.165) is 27.6 Å². The molecule has 27 heavy (non-hydrogen) atoms. The van der Waals surface area contributed by atoms with Crippen LogP contribution in [0.5, 0.6) is 0 Å². The number of nitrogens with zero attached hydrogens (tertiary/aromatic N) is 1. The van der Waals surface area contributed by atoms with Crippen molar-refractivity contribution in [2.75, 3.05) is 12.4 Å². The van der Waals surface area contributed by atoms with Gasteiger partial charge in [-0.2, -0.15) is 4.40 Å². The van der Waals surface area contributed by atoms with E-state index in [1.54, 1.807) is 0 Å². The van der Waals surface area contributed by atoms with Gasteiger partial charge in [0.1, 0.15) is 11.0 Å². The minimum absolute atomic E-state index is 0.458. The minimum atomic E-state index is -1.40. The normalized spacial score (nSPS) is 13.6. The fraction of sp³-hybridized carbons (Fsp3) is 0.227. The first kappa shape index (κ1) is 19.6. The summed E-state index contributed by atoms with van der Waals surface area (Å²) in [4.78, 5) is 0. The standard InChI is InChI=1S/C22H23ClN2OS/c1-22(2,3)27(26)25-21(19-14-18(23)11-12-20(19)24-4)17-10-9-15-7-5-6-8-16(15)13-17/h5-14,24H,1-4H3/b25-21+/t27-/m1/s1. The second-order valence-corrected chi connectivity index (χ2v) is 9.65. The van der Waals surface area contributed by atoms with Gasteiger partial charge in [0.05, 0.1) is 10.5 Å². The molecule has 0 aliphatic rings. The van der Waals surface area contributed by atoms with Gasteiger partial charge in [0.15, 0.2) is 0 Å². The summed E-state index contributed by atoms with van der Waals surface area (Å²) < 4.78 is 17.0. The van der Waals surface area contributed by atoms with Gasteiger partial charge in [0.25, 0.3) is 0 Å². The summed E-state index contributed by atoms with van der Waals surface area (Å²) in [7, 11) is 0.451. The summed E-state index contributed by atoms with van der Waals surface area (Å²) in [5.74, 6) is 0. The topological polar surface area (TPSA) is 41.5 Å². The lowest BCUT2D eigenvalue weighted by atomic mass is 9.98. The Morgan fingerprint density at radius 1 is 1.00 bits per heavy atom. The summed E-state index contributed by atoms with van der Waals surface area (Å²) in [5.41, 5.74) is 3.29. The molecule has 1 atom stereocenters. The molecule has 0 radical (unpaired) electrons. The van der Waals surface area contributed by atoms with Crippen LogP contribution in [0.2, 0.25) is 5.02 Å². The molecule has 140 valence electrons. The molecule has 0 aliphatic heterocycles. The van der Waals surface area contributed by atoms with Crippen LogP contribution in [0.4, 0.5) is 5.69 Å². The van der Waals surface area contributed by atoms with E-state index in [1.165, 1.54) is 0 Å². The number of anilines is 1. The molecule has 0 heterocycles. The van der Waals surface area contributed by atoms with Crippen LogP contribution in [0.3, 0.4) is 0 Å². The molecule has 1 N–H and O–H groups in total. The van der Waals surface area contributed by atoms with Gasteiger partial charge in [-0.3, -0.25) is 0 Å². The molecule has 0 amide bonds. The predicted octanol–water partition coefficient (Wildman–Crippen LogP) is 5.83. The van der Waals surface area contributed by atoms with E-state index in [-0.39, 0.29) is 0 Å². The third kappa shape index (κ3) is 4.40. The molecule has 3 aromatic carbocycles. The van der Waals surface area contributed by atoms with Crippen molar-refractivity contribution in [3.63, 3.8) is 0 Å². The fourth-order valence-electron chi connectivity index (χ4n) is 2.74. The molecule has 0 aromatic heterocycles. The number of benzene rings is 3. The number of hydrogen-bond acceptors (Lipinski definition) is 2. The Labute approximate surface area is 168 Å². The number of fused-ring (bicyclic) bond motifs is 1. The maximum Gasteiger partial charge on any atom is 0.145 e. The van der Waals surface area contributed by atoms with Crippen molar-refractivity contribution < 1.29 is 4.21 Å². The van der Waals surface area contributed by atoms with Gasteiger partial charge in [-0.15, -0.1) is 0 Å². The highest BCUT2D eigenvalue weighted by molar-refractivity contribution is 7.85. The van der Waals surface area contributed by atoms with Crippen LogP contribution in [0.1, 0.15) is 31.9 Å². The largest absolute Gasteiger partial charge is 0.388 e. The predicted molar refractivity (Wildman–Crippen MR) is 118 cm³/mol. The van der Waals surface area contributed by atoms with Crippen LogP contribution in [0, 0.1) is 0 Å². The maximum atomic E-state index is 12.8. The molecule has 0 fully saturated rings. The zero-order valence-corrected chi connectivity index (χ0v) is 17.5. The molecule has 0 aliphatic carbocycles. The molecule has 0 spiro atoms. The molecule has 5 heteroatoms. The van der Waals surface area contributed by atoms with Crippen molar-refractivity contribution in [3.8, 4) is 0 Å². The molecule has 3 rings (SSSR count). The van der Waals surface area contributed by atoms with Gasteiger partial charge in [0.2, 0.25) is 0 Å². The molecular weight excluding hydrogens is 376 g/mol. The average Bonchev–Trinajstić information content (AvgIpc) is 2.64. The number of halogens is 1. The first-order chi connectivity index (χ1) is 12.8. The number of hydrogen-bond donors (Lipinski definition) is 1. The van der Waals surface area contributed by atoms with Crippen molar-refractivity contribution in [2.24, 2.45) is 4.40 Å². The highest BCUT2D eigenvalue weighted by Gasteiger charge is 2.22. The average molecular weight is 399 g/mol. The molecule has 0 saturated carbocycles. The van der Waals surface area contributed by atoms with Crippen LogP contribution < -0.4 is 5.32 Å². The summed E-state index contributed by atoms with van der Waals surface area (Å²) in [6, 6.07) is 19.9. The molecule has 0 bridgehead atoms. The van der Waals surface area contributed by atoms with E-state index in [4.69, 9.17) is 11.6 Å². The van der Waals surface area contributed by atoms with Crippen LogP contribution in [-0.2, 0) is 11.0 Å². The van der Waals surface area contributed by atoms with Crippen LogP contribution in [0.25, 0.3) is 10.8 Å². The van der Waals surface area contributed by atoms with Gasteiger partial charge in [-0.1, -0.05) is 48.0 Å². The van der Waals surface area contributed by atoms with E-state index < -0.39 is 15.7 Å². The van der Waals surface area contributed by atoms with Gasteiger partial charge >= 0.3 is 0 Å². The lowest BCUT2D eigenvalue weighted by molar-refractivity contribution is 0.650. The molecule has 3 aromatic rings. The molecular formula is C22H23ClN2OS. The van der Waals surface area contributed by atoms with Gasteiger partial charge in [0, 0.05) is 28.9 Å². The zero-order valence-electron chi connectivity index (χ0n) is 15.9. The fourth-order valence-corrected chi connectivity index (χ4v) is 3.56. The van der Waals surface area contributed by atoms with Crippen molar-refractivity contribution in [1.82, 2.24) is 0 Å². The first-order valence-corrected chi connectivity index (χ1v) is 10.3. The second-order valence-electron chi connectivity index (χ2n) is 7.30. The summed E-state index contributed by atoms with van der Waals surface area (Å²) in [5, 5.41) is 6.05. The van der Waals surface area contributed by atoms with Crippen LogP contribution in [0.15, 0.2) is 65.1 Å². The Kier molecular flexibility index (Phi) is 5.68. The Hall–Kier alpha value is -2.17. The third-order valence-corrected chi connectivity index (χ3v) is 5.86. The quantitative estimate of drug-likeness (QED) is 0.561.